The van der Waals surface area contributed by atoms with E-state index < -0.39 is 0 Å². The van der Waals surface area contributed by atoms with Gasteiger partial charge in [-0.15, -0.1) is 0 Å². The van der Waals surface area contributed by atoms with Crippen LogP contribution in [0.2, 0.25) is 0 Å². The van der Waals surface area contributed by atoms with Gasteiger partial charge >= 0.3 is 0 Å². The average molecular weight is 247 g/mol. The summed E-state index contributed by atoms with van der Waals surface area (Å²) >= 11 is 0. The molecule has 0 unspecified atom stereocenters. The molecule has 1 fully saturated rings. The van der Waals surface area contributed by atoms with Crippen molar-refractivity contribution in [2.75, 3.05) is 26.2 Å². The molecule has 2 rings (SSSR count). The van der Waals surface area contributed by atoms with Crippen LogP contribution in [0.5, 0.6) is 5.75 Å². The van der Waals surface area contributed by atoms with Crippen molar-refractivity contribution in [1.29, 1.82) is 0 Å². The van der Waals surface area contributed by atoms with Crippen molar-refractivity contribution in [3.63, 3.8) is 0 Å². The zero-order chi connectivity index (χ0) is 12.8. The van der Waals surface area contributed by atoms with Gasteiger partial charge in [0.05, 0.1) is 6.61 Å². The first-order valence-corrected chi connectivity index (χ1v) is 7.17. The molecule has 1 aliphatic heterocycles. The van der Waals surface area contributed by atoms with Gasteiger partial charge in [-0.3, -0.25) is 0 Å². The molecule has 0 aliphatic carbocycles. The van der Waals surface area contributed by atoms with Gasteiger partial charge in [-0.25, -0.2) is 0 Å². The van der Waals surface area contributed by atoms with Crippen LogP contribution in [0.25, 0.3) is 0 Å². The second kappa shape index (κ2) is 6.79. The third-order valence-electron chi connectivity index (χ3n) is 3.53. The fourth-order valence-electron chi connectivity index (χ4n) is 2.68. The Morgan fingerprint density at radius 2 is 1.67 bits per heavy atom. The van der Waals surface area contributed by atoms with Crippen LogP contribution in [0.15, 0.2) is 18.2 Å². The van der Waals surface area contributed by atoms with E-state index in [0.29, 0.717) is 0 Å². The summed E-state index contributed by atoms with van der Waals surface area (Å²) < 4.78 is 5.83. The van der Waals surface area contributed by atoms with Crippen LogP contribution in [-0.4, -0.2) is 31.1 Å². The molecule has 100 valence electrons. The summed E-state index contributed by atoms with van der Waals surface area (Å²) in [6.45, 7) is 8.82. The number of likely N-dealkylation sites (tertiary alicyclic amines) is 1. The van der Waals surface area contributed by atoms with Crippen molar-refractivity contribution in [3.05, 3.63) is 29.3 Å². The third kappa shape index (κ3) is 4.34. The summed E-state index contributed by atoms with van der Waals surface area (Å²) in [6.07, 6.45) is 5.29. The van der Waals surface area contributed by atoms with Gasteiger partial charge in [0.2, 0.25) is 0 Å². The Bertz CT molecular complexity index is 349. The Balaban J connectivity index is 1.68. The van der Waals surface area contributed by atoms with E-state index in [2.05, 4.69) is 36.9 Å². The van der Waals surface area contributed by atoms with Crippen LogP contribution < -0.4 is 4.74 Å². The number of hydrogen-bond acceptors (Lipinski definition) is 2. The highest BCUT2D eigenvalue weighted by atomic mass is 16.5. The minimum atomic E-state index is 0.833. The molecule has 0 radical (unpaired) electrons. The van der Waals surface area contributed by atoms with Crippen LogP contribution in [0.3, 0.4) is 0 Å². The zero-order valence-corrected chi connectivity index (χ0v) is 11.7. The van der Waals surface area contributed by atoms with Gasteiger partial charge in [0, 0.05) is 6.54 Å². The Kier molecular flexibility index (Phi) is 5.06. The molecule has 0 spiro atoms. The largest absolute Gasteiger partial charge is 0.494 e. The summed E-state index contributed by atoms with van der Waals surface area (Å²) in [6, 6.07) is 6.42. The smallest absolute Gasteiger partial charge is 0.119 e. The highest BCUT2D eigenvalue weighted by Gasteiger charge is 2.08. The monoisotopic (exact) mass is 247 g/mol. The second-order valence-corrected chi connectivity index (χ2v) is 5.43. The van der Waals surface area contributed by atoms with E-state index in [4.69, 9.17) is 4.74 Å². The topological polar surface area (TPSA) is 12.5 Å². The number of hydrogen-bond donors (Lipinski definition) is 0. The highest BCUT2D eigenvalue weighted by molar-refractivity contribution is 5.32. The Morgan fingerprint density at radius 1 is 1.00 bits per heavy atom. The fraction of sp³-hybridized carbons (Fsp3) is 0.625. The summed E-state index contributed by atoms with van der Waals surface area (Å²) in [5, 5.41) is 0. The van der Waals surface area contributed by atoms with Crippen molar-refractivity contribution in [2.24, 2.45) is 0 Å². The molecule has 1 aromatic carbocycles. The maximum absolute atomic E-state index is 5.83. The average Bonchev–Trinajstić information content (AvgIpc) is 2.35. The van der Waals surface area contributed by atoms with Gasteiger partial charge in [-0.05, 0) is 69.5 Å². The first-order chi connectivity index (χ1) is 8.74. The fourth-order valence-corrected chi connectivity index (χ4v) is 2.68. The van der Waals surface area contributed by atoms with E-state index in [1.807, 2.05) is 0 Å². The van der Waals surface area contributed by atoms with Crippen molar-refractivity contribution < 1.29 is 4.74 Å². The number of ether oxygens (including phenoxy) is 1. The van der Waals surface area contributed by atoms with Gasteiger partial charge < -0.3 is 9.64 Å². The molecule has 0 aromatic heterocycles. The Hall–Kier alpha value is -1.02. The van der Waals surface area contributed by atoms with Crippen molar-refractivity contribution in [2.45, 2.75) is 39.5 Å². The van der Waals surface area contributed by atoms with E-state index >= 15 is 0 Å². The van der Waals surface area contributed by atoms with E-state index in [1.54, 1.807) is 0 Å². The van der Waals surface area contributed by atoms with Gasteiger partial charge in [0.1, 0.15) is 5.75 Å². The molecule has 0 amide bonds. The van der Waals surface area contributed by atoms with Gasteiger partial charge in [-0.2, -0.15) is 0 Å². The molecule has 1 heterocycles. The molecule has 0 N–H and O–H groups in total. The SMILES string of the molecule is Cc1cc(C)cc(OCCCN2CCCCC2)c1. The lowest BCUT2D eigenvalue weighted by atomic mass is 10.1. The Labute approximate surface area is 111 Å². The molecule has 1 saturated heterocycles. The van der Waals surface area contributed by atoms with E-state index in [-0.39, 0.29) is 0 Å². The second-order valence-electron chi connectivity index (χ2n) is 5.43. The third-order valence-corrected chi connectivity index (χ3v) is 3.53. The van der Waals surface area contributed by atoms with Gasteiger partial charge in [0.25, 0.3) is 0 Å². The predicted molar refractivity (Wildman–Crippen MR) is 76.3 cm³/mol. The van der Waals surface area contributed by atoms with Gasteiger partial charge in [0.15, 0.2) is 0 Å². The van der Waals surface area contributed by atoms with Crippen LogP contribution in [0.1, 0.15) is 36.8 Å². The van der Waals surface area contributed by atoms with E-state index in [9.17, 15) is 0 Å². The lowest BCUT2D eigenvalue weighted by Crippen LogP contribution is -2.31. The Morgan fingerprint density at radius 3 is 2.33 bits per heavy atom. The van der Waals surface area contributed by atoms with Crippen molar-refractivity contribution in [3.8, 4) is 5.75 Å². The summed E-state index contributed by atoms with van der Waals surface area (Å²) in [5.41, 5.74) is 2.56. The predicted octanol–water partition coefficient (Wildman–Crippen LogP) is 3.56. The molecule has 0 atom stereocenters. The van der Waals surface area contributed by atoms with Crippen LogP contribution in [0.4, 0.5) is 0 Å². The standard InChI is InChI=1S/C16H25NO/c1-14-11-15(2)13-16(12-14)18-10-6-9-17-7-4-3-5-8-17/h11-13H,3-10H2,1-2H3. The number of nitrogens with zero attached hydrogens (tertiary/aromatic N) is 1. The minimum Gasteiger partial charge on any atom is -0.494 e. The first kappa shape index (κ1) is 13.4. The lowest BCUT2D eigenvalue weighted by molar-refractivity contribution is 0.205. The van der Waals surface area contributed by atoms with Crippen molar-refractivity contribution in [1.82, 2.24) is 4.90 Å². The van der Waals surface area contributed by atoms with Crippen molar-refractivity contribution >= 4 is 0 Å². The number of benzene rings is 1. The normalized spacial score (nSPS) is 16.8. The van der Waals surface area contributed by atoms with Crippen LogP contribution in [-0.2, 0) is 0 Å². The maximum Gasteiger partial charge on any atom is 0.119 e. The summed E-state index contributed by atoms with van der Waals surface area (Å²) in [4.78, 5) is 2.56. The molecule has 18 heavy (non-hydrogen) atoms. The number of aryl methyl sites for hydroxylation is 2. The van der Waals surface area contributed by atoms with Crippen LogP contribution >= 0.6 is 0 Å². The van der Waals surface area contributed by atoms with Crippen LogP contribution in [0, 0.1) is 13.8 Å². The molecule has 1 aliphatic rings. The quantitative estimate of drug-likeness (QED) is 0.738. The molecule has 2 nitrogen and oxygen atoms in total. The summed E-state index contributed by atoms with van der Waals surface area (Å²) in [5.74, 6) is 1.02. The van der Waals surface area contributed by atoms with Gasteiger partial charge in [-0.1, -0.05) is 12.5 Å². The molecule has 2 heteroatoms. The lowest BCUT2D eigenvalue weighted by Gasteiger charge is -2.26. The molecule has 1 aromatic rings. The summed E-state index contributed by atoms with van der Waals surface area (Å²) in [7, 11) is 0. The molecule has 0 bridgehead atoms. The van der Waals surface area contributed by atoms with E-state index in [0.717, 1.165) is 18.8 Å². The molecule has 0 saturated carbocycles. The minimum absolute atomic E-state index is 0.833. The molecular formula is C16H25NO. The number of rotatable bonds is 5. The highest BCUT2D eigenvalue weighted by Crippen LogP contribution is 2.16. The number of piperidine rings is 1. The van der Waals surface area contributed by atoms with E-state index in [1.165, 1.54) is 50.0 Å². The first-order valence-electron chi connectivity index (χ1n) is 7.17. The molecular weight excluding hydrogens is 222 g/mol. The maximum atomic E-state index is 5.83. The zero-order valence-electron chi connectivity index (χ0n) is 11.7.